The Labute approximate surface area is 87.8 Å². The van der Waals surface area contributed by atoms with E-state index < -0.39 is 0 Å². The van der Waals surface area contributed by atoms with Crippen LogP contribution in [0.3, 0.4) is 0 Å². The minimum absolute atomic E-state index is 0.751. The van der Waals surface area contributed by atoms with Crippen molar-refractivity contribution in [3.05, 3.63) is 0 Å². The predicted octanol–water partition coefficient (Wildman–Crippen LogP) is 1.91. The third kappa shape index (κ3) is 2.71. The molecule has 2 fully saturated rings. The average Bonchev–Trinajstić information content (AvgIpc) is 2.72. The van der Waals surface area contributed by atoms with Crippen LogP contribution in [0, 0.1) is 5.92 Å². The Balaban J connectivity index is 1.72. The fourth-order valence-electron chi connectivity index (χ4n) is 2.95. The molecule has 1 atom stereocenters. The topological polar surface area (TPSA) is 24.1 Å². The summed E-state index contributed by atoms with van der Waals surface area (Å²) in [6, 6.07) is 1.53. The minimum atomic E-state index is 0.751. The van der Waals surface area contributed by atoms with Crippen LogP contribution in [0.2, 0.25) is 0 Å². The van der Waals surface area contributed by atoms with Gasteiger partial charge >= 0.3 is 0 Å². The molecule has 2 heteroatoms. The molecule has 2 N–H and O–H groups in total. The maximum atomic E-state index is 3.82. The Hall–Kier alpha value is -0.0800. The van der Waals surface area contributed by atoms with Gasteiger partial charge in [-0.05, 0) is 51.6 Å². The first-order chi connectivity index (χ1) is 6.86. The van der Waals surface area contributed by atoms with Crippen LogP contribution >= 0.6 is 0 Å². The van der Waals surface area contributed by atoms with Gasteiger partial charge < -0.3 is 10.6 Å². The predicted molar refractivity (Wildman–Crippen MR) is 60.4 cm³/mol. The van der Waals surface area contributed by atoms with Crippen molar-refractivity contribution in [2.24, 2.45) is 5.92 Å². The monoisotopic (exact) mass is 196 g/mol. The Bertz CT molecular complexity index is 158. The van der Waals surface area contributed by atoms with Crippen molar-refractivity contribution in [1.29, 1.82) is 0 Å². The Morgan fingerprint density at radius 2 is 1.71 bits per heavy atom. The molecule has 82 valence electrons. The Kier molecular flexibility index (Phi) is 3.82. The van der Waals surface area contributed by atoms with Crippen molar-refractivity contribution in [3.8, 4) is 0 Å². The molecule has 0 aromatic rings. The first-order valence-electron chi connectivity index (χ1n) is 6.33. The second-order valence-electron chi connectivity index (χ2n) is 5.02. The largest absolute Gasteiger partial charge is 0.317 e. The molecule has 14 heavy (non-hydrogen) atoms. The third-order valence-electron chi connectivity index (χ3n) is 3.94. The molecule has 0 amide bonds. The van der Waals surface area contributed by atoms with Gasteiger partial charge in [0.15, 0.2) is 0 Å². The standard InChI is InChI=1S/C12H24N2/c1-10(11-4-2-3-5-11)14-12-6-8-13-9-7-12/h10-14H,2-9H2,1H3/t10-/m0/s1. The molecule has 1 saturated heterocycles. The van der Waals surface area contributed by atoms with Gasteiger partial charge in [0.05, 0.1) is 0 Å². The van der Waals surface area contributed by atoms with Gasteiger partial charge in [0.1, 0.15) is 0 Å². The van der Waals surface area contributed by atoms with Gasteiger partial charge in [0.25, 0.3) is 0 Å². The fraction of sp³-hybridized carbons (Fsp3) is 1.00. The van der Waals surface area contributed by atoms with E-state index in [1.807, 2.05) is 0 Å². The molecule has 1 heterocycles. The molecule has 0 aromatic heterocycles. The first kappa shape index (κ1) is 10.4. The van der Waals surface area contributed by atoms with Crippen LogP contribution in [-0.4, -0.2) is 25.2 Å². The van der Waals surface area contributed by atoms with Crippen molar-refractivity contribution in [3.63, 3.8) is 0 Å². The molecule has 0 bridgehead atoms. The zero-order valence-corrected chi connectivity index (χ0v) is 9.39. The van der Waals surface area contributed by atoms with Gasteiger partial charge in [-0.15, -0.1) is 0 Å². The van der Waals surface area contributed by atoms with Crippen molar-refractivity contribution < 1.29 is 0 Å². The summed E-state index contributed by atoms with van der Waals surface area (Å²) in [7, 11) is 0. The van der Waals surface area contributed by atoms with Crippen molar-refractivity contribution >= 4 is 0 Å². The van der Waals surface area contributed by atoms with Crippen LogP contribution in [0.4, 0.5) is 0 Å². The highest BCUT2D eigenvalue weighted by Crippen LogP contribution is 2.28. The average molecular weight is 196 g/mol. The molecular weight excluding hydrogens is 172 g/mol. The lowest BCUT2D eigenvalue weighted by Gasteiger charge is -2.30. The van der Waals surface area contributed by atoms with Gasteiger partial charge in [-0.3, -0.25) is 0 Å². The fourth-order valence-corrected chi connectivity index (χ4v) is 2.95. The summed E-state index contributed by atoms with van der Waals surface area (Å²) in [6.45, 7) is 4.79. The zero-order chi connectivity index (χ0) is 9.80. The summed E-state index contributed by atoms with van der Waals surface area (Å²) in [4.78, 5) is 0. The van der Waals surface area contributed by atoms with E-state index in [-0.39, 0.29) is 0 Å². The Morgan fingerprint density at radius 3 is 2.36 bits per heavy atom. The molecule has 0 spiro atoms. The van der Waals surface area contributed by atoms with Crippen LogP contribution in [0.1, 0.15) is 45.4 Å². The molecular formula is C12H24N2. The van der Waals surface area contributed by atoms with E-state index in [2.05, 4.69) is 17.6 Å². The molecule has 1 aliphatic heterocycles. The second-order valence-corrected chi connectivity index (χ2v) is 5.02. The number of nitrogens with one attached hydrogen (secondary N) is 2. The quantitative estimate of drug-likeness (QED) is 0.720. The maximum Gasteiger partial charge on any atom is 0.00938 e. The van der Waals surface area contributed by atoms with Crippen molar-refractivity contribution in [2.75, 3.05) is 13.1 Å². The highest BCUT2D eigenvalue weighted by Gasteiger charge is 2.23. The summed E-state index contributed by atoms with van der Waals surface area (Å²) < 4.78 is 0. The molecule has 1 aliphatic carbocycles. The lowest BCUT2D eigenvalue weighted by molar-refractivity contribution is 0.300. The van der Waals surface area contributed by atoms with E-state index in [0.717, 1.165) is 18.0 Å². The highest BCUT2D eigenvalue weighted by molar-refractivity contribution is 4.82. The van der Waals surface area contributed by atoms with Crippen molar-refractivity contribution in [2.45, 2.75) is 57.5 Å². The van der Waals surface area contributed by atoms with Gasteiger partial charge in [0.2, 0.25) is 0 Å². The van der Waals surface area contributed by atoms with Gasteiger partial charge in [-0.25, -0.2) is 0 Å². The summed E-state index contributed by atoms with van der Waals surface area (Å²) in [5.41, 5.74) is 0. The summed E-state index contributed by atoms with van der Waals surface area (Å²) in [5, 5.41) is 7.24. The van der Waals surface area contributed by atoms with Crippen LogP contribution in [-0.2, 0) is 0 Å². The second kappa shape index (κ2) is 5.13. The van der Waals surface area contributed by atoms with E-state index in [0.29, 0.717) is 0 Å². The van der Waals surface area contributed by atoms with Gasteiger partial charge in [-0.1, -0.05) is 12.8 Å². The molecule has 0 radical (unpaired) electrons. The molecule has 2 aliphatic rings. The molecule has 2 rings (SSSR count). The zero-order valence-electron chi connectivity index (χ0n) is 9.39. The van der Waals surface area contributed by atoms with E-state index in [1.54, 1.807) is 0 Å². The third-order valence-corrected chi connectivity index (χ3v) is 3.94. The first-order valence-corrected chi connectivity index (χ1v) is 6.33. The van der Waals surface area contributed by atoms with Crippen LogP contribution < -0.4 is 10.6 Å². The normalized spacial score (nSPS) is 28.1. The van der Waals surface area contributed by atoms with Crippen LogP contribution in [0.25, 0.3) is 0 Å². The van der Waals surface area contributed by atoms with E-state index in [1.165, 1.54) is 51.6 Å². The lowest BCUT2D eigenvalue weighted by Crippen LogP contribution is -2.45. The number of piperidine rings is 1. The summed E-state index contributed by atoms with van der Waals surface area (Å²) in [5.74, 6) is 0.963. The summed E-state index contributed by atoms with van der Waals surface area (Å²) in [6.07, 6.45) is 8.47. The lowest BCUT2D eigenvalue weighted by atomic mass is 9.97. The molecule has 2 nitrogen and oxygen atoms in total. The van der Waals surface area contributed by atoms with Crippen LogP contribution in [0.5, 0.6) is 0 Å². The molecule has 0 unspecified atom stereocenters. The van der Waals surface area contributed by atoms with E-state index in [9.17, 15) is 0 Å². The maximum absolute atomic E-state index is 3.82. The van der Waals surface area contributed by atoms with E-state index >= 15 is 0 Å². The minimum Gasteiger partial charge on any atom is -0.317 e. The Morgan fingerprint density at radius 1 is 1.07 bits per heavy atom. The highest BCUT2D eigenvalue weighted by atomic mass is 15.0. The summed E-state index contributed by atoms with van der Waals surface area (Å²) >= 11 is 0. The van der Waals surface area contributed by atoms with E-state index in [4.69, 9.17) is 0 Å². The van der Waals surface area contributed by atoms with Gasteiger partial charge in [0, 0.05) is 12.1 Å². The smallest absolute Gasteiger partial charge is 0.00938 e. The van der Waals surface area contributed by atoms with Crippen molar-refractivity contribution in [1.82, 2.24) is 10.6 Å². The molecule has 0 aromatic carbocycles. The molecule has 1 saturated carbocycles. The van der Waals surface area contributed by atoms with Gasteiger partial charge in [-0.2, -0.15) is 0 Å². The number of hydrogen-bond donors (Lipinski definition) is 2. The number of hydrogen-bond acceptors (Lipinski definition) is 2. The van der Waals surface area contributed by atoms with Crippen LogP contribution in [0.15, 0.2) is 0 Å². The number of rotatable bonds is 3. The SMILES string of the molecule is C[C@H](NC1CCNCC1)C1CCCC1.